The van der Waals surface area contributed by atoms with Gasteiger partial charge in [0.05, 0.1) is 22.3 Å². The van der Waals surface area contributed by atoms with Crippen LogP contribution in [0.25, 0.3) is 21.9 Å². The number of aromatic nitrogens is 3. The van der Waals surface area contributed by atoms with Crippen molar-refractivity contribution in [1.29, 1.82) is 0 Å². The molecule has 122 valence electrons. The van der Waals surface area contributed by atoms with Crippen molar-refractivity contribution in [3.05, 3.63) is 46.7 Å². The van der Waals surface area contributed by atoms with Crippen molar-refractivity contribution in [2.75, 3.05) is 0 Å². The Kier molecular flexibility index (Phi) is 3.90. The molecule has 5 nitrogen and oxygen atoms in total. The molecule has 0 atom stereocenters. The lowest BCUT2D eigenvalue weighted by molar-refractivity contribution is -0.135. The molecule has 3 aromatic rings. The van der Waals surface area contributed by atoms with Gasteiger partial charge in [0.1, 0.15) is 5.01 Å². The summed E-state index contributed by atoms with van der Waals surface area (Å²) in [7, 11) is 0. The molecule has 6 heteroatoms. The molecule has 0 radical (unpaired) electrons. The van der Waals surface area contributed by atoms with Crippen LogP contribution in [0, 0.1) is 0 Å². The van der Waals surface area contributed by atoms with Crippen LogP contribution in [0.15, 0.2) is 30.3 Å². The maximum atomic E-state index is 11.3. The first-order valence-electron chi connectivity index (χ1n) is 8.04. The molecule has 0 aliphatic carbocycles. The summed E-state index contributed by atoms with van der Waals surface area (Å²) in [5.41, 5.74) is 3.66. The Morgan fingerprint density at radius 3 is 3.00 bits per heavy atom. The molecule has 2 aromatic heterocycles. The summed E-state index contributed by atoms with van der Waals surface area (Å²) in [5, 5.41) is 14.6. The van der Waals surface area contributed by atoms with Crippen molar-refractivity contribution in [3.63, 3.8) is 0 Å². The minimum atomic E-state index is -0.857. The number of rotatable bonds is 4. The van der Waals surface area contributed by atoms with Crippen LogP contribution in [0.3, 0.4) is 0 Å². The Morgan fingerprint density at radius 1 is 1.33 bits per heavy atom. The number of benzene rings is 1. The lowest BCUT2D eigenvalue weighted by atomic mass is 10.1. The molecule has 4 rings (SSSR count). The molecule has 0 fully saturated rings. The number of carboxylic acids is 1. The van der Waals surface area contributed by atoms with Gasteiger partial charge in [-0.2, -0.15) is 5.10 Å². The van der Waals surface area contributed by atoms with Crippen LogP contribution in [0.2, 0.25) is 0 Å². The van der Waals surface area contributed by atoms with E-state index in [-0.39, 0.29) is 6.42 Å². The minimum absolute atomic E-state index is 0.0536. The molecule has 0 spiro atoms. The summed E-state index contributed by atoms with van der Waals surface area (Å²) >= 11 is 1.52. The fraction of sp³-hybridized carbons (Fsp3) is 0.278. The first-order valence-corrected chi connectivity index (χ1v) is 8.86. The Morgan fingerprint density at radius 2 is 2.21 bits per heavy atom. The second kappa shape index (κ2) is 6.20. The number of hydrogen-bond acceptors (Lipinski definition) is 4. The molecule has 0 saturated heterocycles. The molecule has 1 N–H and O–H groups in total. The van der Waals surface area contributed by atoms with E-state index in [2.05, 4.69) is 16.1 Å². The van der Waals surface area contributed by atoms with Gasteiger partial charge < -0.3 is 5.11 Å². The smallest absolute Gasteiger partial charge is 0.307 e. The molecule has 3 heterocycles. The molecular formula is C18H17N3O2S. The summed E-state index contributed by atoms with van der Waals surface area (Å²) in [5.74, 6) is -0.857. The number of carbonyl (C=O) groups is 1. The Balaban J connectivity index is 1.75. The molecule has 1 aliphatic rings. The van der Waals surface area contributed by atoms with Crippen molar-refractivity contribution < 1.29 is 9.90 Å². The quantitative estimate of drug-likeness (QED) is 0.784. The standard InChI is InChI=1S/C18H17N3O2S/c22-17(23)10-12(18-19-15-6-1-2-7-16(15)24-18)9-13-11-14-5-3-4-8-21(14)20-13/h1-2,6-7,9,11H,3-5,8,10H2,(H,22,23)/b12-9-. The fourth-order valence-electron chi connectivity index (χ4n) is 3.05. The molecule has 0 amide bonds. The van der Waals surface area contributed by atoms with Crippen LogP contribution in [-0.2, 0) is 17.8 Å². The second-order valence-corrected chi connectivity index (χ2v) is 7.00. The van der Waals surface area contributed by atoms with Gasteiger partial charge in [-0.05, 0) is 43.5 Å². The number of aryl methyl sites for hydroxylation is 2. The molecule has 1 aromatic carbocycles. The van der Waals surface area contributed by atoms with Gasteiger partial charge in [-0.1, -0.05) is 12.1 Å². The zero-order valence-corrected chi connectivity index (χ0v) is 13.9. The van der Waals surface area contributed by atoms with E-state index in [0.717, 1.165) is 40.3 Å². The van der Waals surface area contributed by atoms with Crippen LogP contribution in [0.4, 0.5) is 0 Å². The van der Waals surface area contributed by atoms with E-state index in [0.29, 0.717) is 5.57 Å². The minimum Gasteiger partial charge on any atom is -0.481 e. The summed E-state index contributed by atoms with van der Waals surface area (Å²) in [6, 6.07) is 9.92. The van der Waals surface area contributed by atoms with Gasteiger partial charge in [0.15, 0.2) is 0 Å². The second-order valence-electron chi connectivity index (χ2n) is 5.97. The number of para-hydroxylation sites is 1. The van der Waals surface area contributed by atoms with Crippen LogP contribution >= 0.6 is 11.3 Å². The third-order valence-electron chi connectivity index (χ3n) is 4.17. The Labute approximate surface area is 143 Å². The van der Waals surface area contributed by atoms with Gasteiger partial charge in [0.2, 0.25) is 0 Å². The first kappa shape index (κ1) is 15.1. The highest BCUT2D eigenvalue weighted by Gasteiger charge is 2.15. The van der Waals surface area contributed by atoms with Crippen LogP contribution in [0.1, 0.15) is 35.7 Å². The van der Waals surface area contributed by atoms with Crippen LogP contribution in [-0.4, -0.2) is 25.8 Å². The molecule has 0 saturated carbocycles. The largest absolute Gasteiger partial charge is 0.481 e. The molecule has 1 aliphatic heterocycles. The predicted molar refractivity (Wildman–Crippen MR) is 94.9 cm³/mol. The summed E-state index contributed by atoms with van der Waals surface area (Å²) in [6.07, 6.45) is 5.20. The monoisotopic (exact) mass is 339 g/mol. The maximum absolute atomic E-state index is 11.3. The zero-order valence-electron chi connectivity index (χ0n) is 13.1. The van der Waals surface area contributed by atoms with Crippen molar-refractivity contribution in [1.82, 2.24) is 14.8 Å². The van der Waals surface area contributed by atoms with Gasteiger partial charge in [-0.3, -0.25) is 9.48 Å². The average Bonchev–Trinajstić information content (AvgIpc) is 3.16. The summed E-state index contributed by atoms with van der Waals surface area (Å²) < 4.78 is 3.10. The topological polar surface area (TPSA) is 68.0 Å². The normalized spacial score (nSPS) is 14.8. The summed E-state index contributed by atoms with van der Waals surface area (Å²) in [6.45, 7) is 0.943. The number of aliphatic carboxylic acids is 1. The summed E-state index contributed by atoms with van der Waals surface area (Å²) in [4.78, 5) is 15.9. The third-order valence-corrected chi connectivity index (χ3v) is 5.28. The lowest BCUT2D eigenvalue weighted by Gasteiger charge is -2.11. The number of hydrogen-bond donors (Lipinski definition) is 1. The van der Waals surface area contributed by atoms with Crippen molar-refractivity contribution >= 4 is 39.2 Å². The van der Waals surface area contributed by atoms with E-state index in [9.17, 15) is 9.90 Å². The number of nitrogens with zero attached hydrogens (tertiary/aromatic N) is 3. The van der Waals surface area contributed by atoms with Gasteiger partial charge in [-0.25, -0.2) is 4.98 Å². The van der Waals surface area contributed by atoms with Crippen molar-refractivity contribution in [2.24, 2.45) is 0 Å². The molecule has 24 heavy (non-hydrogen) atoms. The van der Waals surface area contributed by atoms with E-state index in [1.165, 1.54) is 23.5 Å². The lowest BCUT2D eigenvalue weighted by Crippen LogP contribution is -2.10. The van der Waals surface area contributed by atoms with Crippen LogP contribution in [0.5, 0.6) is 0 Å². The maximum Gasteiger partial charge on any atom is 0.307 e. The van der Waals surface area contributed by atoms with Gasteiger partial charge in [-0.15, -0.1) is 11.3 Å². The fourth-order valence-corrected chi connectivity index (χ4v) is 4.03. The van der Waals surface area contributed by atoms with E-state index in [1.807, 2.05) is 35.0 Å². The zero-order chi connectivity index (χ0) is 16.5. The molecular weight excluding hydrogens is 322 g/mol. The van der Waals surface area contributed by atoms with E-state index in [1.54, 1.807) is 0 Å². The SMILES string of the molecule is O=C(O)C/C(=C/c1cc2n(n1)CCCC2)c1nc2ccccc2s1. The van der Waals surface area contributed by atoms with Crippen LogP contribution < -0.4 is 0 Å². The highest BCUT2D eigenvalue weighted by atomic mass is 32.1. The van der Waals surface area contributed by atoms with E-state index < -0.39 is 5.97 Å². The van der Waals surface area contributed by atoms with Gasteiger partial charge in [0, 0.05) is 17.8 Å². The van der Waals surface area contributed by atoms with Crippen molar-refractivity contribution in [2.45, 2.75) is 32.2 Å². The Bertz CT molecular complexity index is 882. The number of carboxylic acid groups (broad SMARTS) is 1. The first-order chi connectivity index (χ1) is 11.7. The molecule has 0 bridgehead atoms. The number of thiazole rings is 1. The van der Waals surface area contributed by atoms with Gasteiger partial charge in [0.25, 0.3) is 0 Å². The molecule has 0 unspecified atom stereocenters. The highest BCUT2D eigenvalue weighted by molar-refractivity contribution is 7.19. The Hall–Kier alpha value is -2.47. The average molecular weight is 339 g/mol. The van der Waals surface area contributed by atoms with Crippen molar-refractivity contribution in [3.8, 4) is 0 Å². The predicted octanol–water partition coefficient (Wildman–Crippen LogP) is 3.84. The highest BCUT2D eigenvalue weighted by Crippen LogP contribution is 2.30. The van der Waals surface area contributed by atoms with Gasteiger partial charge >= 0.3 is 5.97 Å². The van der Waals surface area contributed by atoms with E-state index in [4.69, 9.17) is 0 Å². The van der Waals surface area contributed by atoms with E-state index >= 15 is 0 Å². The number of fused-ring (bicyclic) bond motifs is 2. The third kappa shape index (κ3) is 2.97.